The maximum absolute atomic E-state index is 13.8. The van der Waals surface area contributed by atoms with E-state index in [1.165, 1.54) is 12.3 Å². The Kier molecular flexibility index (Phi) is 5.11. The van der Waals surface area contributed by atoms with Gasteiger partial charge in [-0.15, -0.1) is 11.6 Å². The normalized spacial score (nSPS) is 14.3. The van der Waals surface area contributed by atoms with Crippen molar-refractivity contribution < 1.29 is 17.0 Å². The molecule has 0 radical (unpaired) electrons. The summed E-state index contributed by atoms with van der Waals surface area (Å²) in [5.74, 6) is 0. The number of H-pyrrole nitrogens is 1. The van der Waals surface area contributed by atoms with Crippen LogP contribution in [0.2, 0.25) is 0 Å². The third kappa shape index (κ3) is 5.30. The molecule has 8 heteroatoms. The summed E-state index contributed by atoms with van der Waals surface area (Å²) in [5.41, 5.74) is -3.25. The van der Waals surface area contributed by atoms with Crippen molar-refractivity contribution in [1.82, 2.24) is 4.98 Å². The van der Waals surface area contributed by atoms with Gasteiger partial charge in [-0.25, -0.2) is 4.39 Å². The van der Waals surface area contributed by atoms with Gasteiger partial charge in [-0.1, -0.05) is 0 Å². The van der Waals surface area contributed by atoms with E-state index in [9.17, 15) is 17.6 Å². The van der Waals surface area contributed by atoms with E-state index >= 15 is 0 Å². The van der Waals surface area contributed by atoms with E-state index in [0.717, 1.165) is 6.07 Å². The third-order valence-electron chi connectivity index (χ3n) is 2.26. The first-order valence-electron chi connectivity index (χ1n) is 5.52. The van der Waals surface area contributed by atoms with E-state index in [4.69, 9.17) is 11.6 Å². The van der Waals surface area contributed by atoms with Gasteiger partial charge in [0.05, 0.1) is 6.61 Å². The smallest absolute Gasteiger partial charge is 0.304 e. The first kappa shape index (κ1) is 16.1. The fraction of sp³-hybridized carbons (Fsp3) is 0.545. The number of alkyl halides is 2. The molecule has 1 heterocycles. The monoisotopic (exact) mass is 311 g/mol. The summed E-state index contributed by atoms with van der Waals surface area (Å²) in [6.07, 6.45) is 1.41. The molecular weight excluding hydrogens is 297 g/mol. The third-order valence-corrected chi connectivity index (χ3v) is 3.72. The topological polar surface area (TPSA) is 76.2 Å². The van der Waals surface area contributed by atoms with Crippen LogP contribution in [0.5, 0.6) is 0 Å². The minimum Gasteiger partial charge on any atom is -0.329 e. The van der Waals surface area contributed by atoms with Crippen LogP contribution in [-0.2, 0) is 14.3 Å². The van der Waals surface area contributed by atoms with Crippen LogP contribution in [0.4, 0.5) is 4.39 Å². The molecule has 1 N–H and O–H groups in total. The lowest BCUT2D eigenvalue weighted by Gasteiger charge is -2.16. The summed E-state index contributed by atoms with van der Waals surface area (Å²) < 4.78 is 41.5. The van der Waals surface area contributed by atoms with Crippen molar-refractivity contribution in [2.75, 3.05) is 6.61 Å². The van der Waals surface area contributed by atoms with Gasteiger partial charge < -0.3 is 4.98 Å². The molecule has 0 bridgehead atoms. The number of rotatable bonds is 6. The average Bonchev–Trinajstić information content (AvgIpc) is 2.25. The van der Waals surface area contributed by atoms with Crippen LogP contribution in [0.25, 0.3) is 0 Å². The fourth-order valence-electron chi connectivity index (χ4n) is 1.23. The van der Waals surface area contributed by atoms with Crippen molar-refractivity contribution in [3.05, 3.63) is 34.2 Å². The number of hydrogen-bond acceptors (Lipinski definition) is 4. The summed E-state index contributed by atoms with van der Waals surface area (Å²) in [4.78, 5) is 12.6. The predicted octanol–water partition coefficient (Wildman–Crippen LogP) is 2.10. The molecule has 0 saturated heterocycles. The molecule has 1 unspecified atom stereocenters. The molecule has 1 atom stereocenters. The van der Waals surface area contributed by atoms with Crippen LogP contribution in [-0.4, -0.2) is 24.9 Å². The van der Waals surface area contributed by atoms with Crippen LogP contribution >= 0.6 is 11.6 Å². The maximum Gasteiger partial charge on any atom is 0.304 e. The highest BCUT2D eigenvalue weighted by molar-refractivity contribution is 7.86. The van der Waals surface area contributed by atoms with Crippen molar-refractivity contribution >= 4 is 21.7 Å². The molecule has 1 aromatic heterocycles. The lowest BCUT2D eigenvalue weighted by atomic mass is 10.1. The first-order valence-corrected chi connectivity index (χ1v) is 7.37. The summed E-state index contributed by atoms with van der Waals surface area (Å²) in [6, 6.07) is 2.04. The Labute approximate surface area is 115 Å². The minimum atomic E-state index is -4.43. The second kappa shape index (κ2) is 6.02. The predicted molar refractivity (Wildman–Crippen MR) is 70.3 cm³/mol. The van der Waals surface area contributed by atoms with E-state index in [1.54, 1.807) is 13.8 Å². The zero-order valence-electron chi connectivity index (χ0n) is 10.5. The lowest BCUT2D eigenvalue weighted by Crippen LogP contribution is -2.19. The van der Waals surface area contributed by atoms with Gasteiger partial charge in [0.2, 0.25) is 5.56 Å². The van der Waals surface area contributed by atoms with Gasteiger partial charge in [-0.2, -0.15) is 8.42 Å². The molecule has 0 aromatic carbocycles. The van der Waals surface area contributed by atoms with Crippen molar-refractivity contribution in [3.63, 3.8) is 0 Å². The number of pyridine rings is 1. The van der Waals surface area contributed by atoms with E-state index in [-0.39, 0.29) is 18.6 Å². The zero-order chi connectivity index (χ0) is 14.7. The van der Waals surface area contributed by atoms with E-state index < -0.39 is 26.1 Å². The number of aromatic amines is 1. The Morgan fingerprint density at radius 1 is 1.53 bits per heavy atom. The molecule has 0 fully saturated rings. The van der Waals surface area contributed by atoms with Gasteiger partial charge in [-0.3, -0.25) is 8.98 Å². The molecule has 0 aliphatic heterocycles. The SMILES string of the molecule is CC(C)(Cl)CCOS(=O)(=O)C(F)c1cc[nH]c(=O)c1. The Bertz CT molecular complexity index is 579. The van der Waals surface area contributed by atoms with Crippen LogP contribution in [0, 0.1) is 0 Å². The highest BCUT2D eigenvalue weighted by atomic mass is 35.5. The Hall–Kier alpha value is -0.920. The van der Waals surface area contributed by atoms with Crippen molar-refractivity contribution in [3.8, 4) is 0 Å². The van der Waals surface area contributed by atoms with Crippen LogP contribution in [0.3, 0.4) is 0 Å². The number of nitrogens with one attached hydrogen (secondary N) is 1. The van der Waals surface area contributed by atoms with Gasteiger partial charge in [0.1, 0.15) is 0 Å². The second-order valence-electron chi connectivity index (χ2n) is 4.59. The maximum atomic E-state index is 13.8. The van der Waals surface area contributed by atoms with Gasteiger partial charge in [0.25, 0.3) is 5.50 Å². The summed E-state index contributed by atoms with van der Waals surface area (Å²) in [6.45, 7) is 3.16. The molecule has 19 heavy (non-hydrogen) atoms. The summed E-state index contributed by atoms with van der Waals surface area (Å²) in [5, 5.41) is 0. The number of halogens is 2. The minimum absolute atomic E-state index is 0.220. The van der Waals surface area contributed by atoms with E-state index in [1.807, 2.05) is 0 Å². The standard InChI is InChI=1S/C11H15ClFNO4S/c1-11(2,12)4-6-18-19(16,17)10(13)8-3-5-14-9(15)7-8/h3,5,7,10H,4,6H2,1-2H3,(H,14,15). The highest BCUT2D eigenvalue weighted by Crippen LogP contribution is 2.25. The lowest BCUT2D eigenvalue weighted by molar-refractivity contribution is 0.272. The molecule has 0 saturated carbocycles. The molecule has 0 aliphatic rings. The Balaban J connectivity index is 2.75. The molecule has 1 rings (SSSR count). The molecule has 0 amide bonds. The Morgan fingerprint density at radius 3 is 2.68 bits per heavy atom. The van der Waals surface area contributed by atoms with Crippen molar-refractivity contribution in [2.24, 2.45) is 0 Å². The van der Waals surface area contributed by atoms with Crippen LogP contribution < -0.4 is 5.56 Å². The molecular formula is C11H15ClFNO4S. The Morgan fingerprint density at radius 2 is 2.16 bits per heavy atom. The first-order chi connectivity index (χ1) is 8.62. The van der Waals surface area contributed by atoms with Crippen molar-refractivity contribution in [2.45, 2.75) is 30.6 Å². The van der Waals surface area contributed by atoms with E-state index in [2.05, 4.69) is 9.17 Å². The summed E-state index contributed by atoms with van der Waals surface area (Å²) >= 11 is 5.87. The van der Waals surface area contributed by atoms with Crippen molar-refractivity contribution in [1.29, 1.82) is 0 Å². The van der Waals surface area contributed by atoms with Crippen LogP contribution in [0.1, 0.15) is 31.3 Å². The molecule has 0 aliphatic carbocycles. The molecule has 108 valence electrons. The van der Waals surface area contributed by atoms with Gasteiger partial charge in [0.15, 0.2) is 0 Å². The molecule has 5 nitrogen and oxygen atoms in total. The number of hydrogen-bond donors (Lipinski definition) is 1. The summed E-state index contributed by atoms with van der Waals surface area (Å²) in [7, 11) is -4.43. The fourth-order valence-corrected chi connectivity index (χ4v) is 2.22. The largest absolute Gasteiger partial charge is 0.329 e. The van der Waals surface area contributed by atoms with Gasteiger partial charge >= 0.3 is 10.1 Å². The van der Waals surface area contributed by atoms with Gasteiger partial charge in [0, 0.05) is 22.7 Å². The average molecular weight is 312 g/mol. The zero-order valence-corrected chi connectivity index (χ0v) is 12.1. The molecule has 0 spiro atoms. The van der Waals surface area contributed by atoms with E-state index in [0.29, 0.717) is 0 Å². The second-order valence-corrected chi connectivity index (χ2v) is 7.24. The van der Waals surface area contributed by atoms with Gasteiger partial charge in [-0.05, 0) is 26.3 Å². The van der Waals surface area contributed by atoms with Crippen LogP contribution in [0.15, 0.2) is 23.1 Å². The molecule has 1 aromatic rings. The quantitative estimate of drug-likeness (QED) is 0.645. The highest BCUT2D eigenvalue weighted by Gasteiger charge is 2.29. The number of aromatic nitrogens is 1.